The average Bonchev–Trinajstić information content (AvgIpc) is 2.04. The van der Waals surface area contributed by atoms with E-state index in [1.165, 1.54) is 32.1 Å². The summed E-state index contributed by atoms with van der Waals surface area (Å²) in [4.78, 5) is 0. The molecule has 0 amide bonds. The third kappa shape index (κ3) is 3.43. The first-order valence-electron chi connectivity index (χ1n) is 5.18. The Balaban J connectivity index is 2.52. The summed E-state index contributed by atoms with van der Waals surface area (Å²) in [5, 5.41) is 0. The summed E-state index contributed by atoms with van der Waals surface area (Å²) in [6.45, 7) is 4.39. The summed E-state index contributed by atoms with van der Waals surface area (Å²) in [7, 11) is -1.64. The standard InChI is InChI=1S/C9H19Cl2NSi/c1-8(2)12(13(10)11)9-6-4-3-5-7-9/h8-9,13H,3-7H2,1-2H3. The minimum Gasteiger partial charge on any atom is -0.297 e. The summed E-state index contributed by atoms with van der Waals surface area (Å²) < 4.78 is 2.36. The molecule has 1 aliphatic carbocycles. The third-order valence-corrected chi connectivity index (χ3v) is 5.64. The van der Waals surface area contributed by atoms with Crippen LogP contribution in [0.25, 0.3) is 0 Å². The maximum absolute atomic E-state index is 6.10. The molecule has 0 unspecified atom stereocenters. The zero-order chi connectivity index (χ0) is 9.84. The van der Waals surface area contributed by atoms with E-state index in [4.69, 9.17) is 22.2 Å². The van der Waals surface area contributed by atoms with Crippen molar-refractivity contribution >= 4 is 29.7 Å². The van der Waals surface area contributed by atoms with Crippen LogP contribution in [0.4, 0.5) is 0 Å². The van der Waals surface area contributed by atoms with E-state index in [1.54, 1.807) is 0 Å². The summed E-state index contributed by atoms with van der Waals surface area (Å²) in [6, 6.07) is 1.18. The third-order valence-electron chi connectivity index (χ3n) is 2.82. The number of hydrogen-bond donors (Lipinski definition) is 0. The molecule has 0 saturated heterocycles. The lowest BCUT2D eigenvalue weighted by atomic mass is 9.95. The highest BCUT2D eigenvalue weighted by molar-refractivity contribution is 7.32. The zero-order valence-corrected chi connectivity index (χ0v) is 11.1. The monoisotopic (exact) mass is 239 g/mol. The maximum atomic E-state index is 6.10. The summed E-state index contributed by atoms with van der Waals surface area (Å²) in [5.41, 5.74) is 0. The molecule has 0 aromatic rings. The van der Waals surface area contributed by atoms with E-state index in [0.29, 0.717) is 12.1 Å². The lowest BCUT2D eigenvalue weighted by molar-refractivity contribution is 0.224. The van der Waals surface area contributed by atoms with Gasteiger partial charge in [-0.1, -0.05) is 33.1 Å². The fraction of sp³-hybridized carbons (Fsp3) is 1.00. The Hall–Kier alpha value is 0.757. The Labute approximate surface area is 92.5 Å². The topological polar surface area (TPSA) is 3.24 Å². The molecule has 0 aliphatic heterocycles. The molecule has 1 rings (SSSR count). The minimum absolute atomic E-state index is 0.509. The van der Waals surface area contributed by atoms with Crippen LogP contribution < -0.4 is 0 Å². The number of halogens is 2. The lowest BCUT2D eigenvalue weighted by Crippen LogP contribution is -2.46. The van der Waals surface area contributed by atoms with E-state index in [-0.39, 0.29) is 0 Å². The number of hydrogen-bond acceptors (Lipinski definition) is 1. The predicted molar refractivity (Wildman–Crippen MR) is 62.7 cm³/mol. The SMILES string of the molecule is CC(C)N(C1CCCCC1)[SiH](Cl)Cl. The Morgan fingerprint density at radius 3 is 2.08 bits per heavy atom. The van der Waals surface area contributed by atoms with Gasteiger partial charge in [0.15, 0.2) is 0 Å². The van der Waals surface area contributed by atoms with Crippen molar-refractivity contribution in [3.8, 4) is 0 Å². The van der Waals surface area contributed by atoms with Crippen molar-refractivity contribution in [1.29, 1.82) is 0 Å². The Morgan fingerprint density at radius 2 is 1.69 bits per heavy atom. The largest absolute Gasteiger partial charge is 0.309 e. The van der Waals surface area contributed by atoms with Crippen LogP contribution in [-0.2, 0) is 0 Å². The van der Waals surface area contributed by atoms with Gasteiger partial charge in [0.1, 0.15) is 0 Å². The molecule has 0 atom stereocenters. The van der Waals surface area contributed by atoms with Crippen molar-refractivity contribution in [2.24, 2.45) is 0 Å². The molecule has 13 heavy (non-hydrogen) atoms. The molecule has 1 saturated carbocycles. The Kier molecular flexibility index (Phi) is 5.09. The van der Waals surface area contributed by atoms with Gasteiger partial charge in [-0.2, -0.15) is 0 Å². The van der Waals surface area contributed by atoms with Crippen molar-refractivity contribution in [2.45, 2.75) is 58.0 Å². The number of nitrogens with zero attached hydrogens (tertiary/aromatic N) is 1. The van der Waals surface area contributed by atoms with Crippen LogP contribution >= 0.6 is 22.2 Å². The molecule has 1 nitrogen and oxygen atoms in total. The molecule has 0 aromatic carbocycles. The van der Waals surface area contributed by atoms with Gasteiger partial charge in [-0.15, -0.1) is 22.2 Å². The number of rotatable bonds is 3. The second-order valence-electron chi connectivity index (χ2n) is 4.11. The van der Waals surface area contributed by atoms with E-state index in [1.807, 2.05) is 0 Å². The Morgan fingerprint density at radius 1 is 1.15 bits per heavy atom. The maximum Gasteiger partial charge on any atom is 0.309 e. The highest BCUT2D eigenvalue weighted by atomic mass is 35.7. The molecule has 0 heterocycles. The van der Waals surface area contributed by atoms with Crippen LogP contribution in [0.5, 0.6) is 0 Å². The minimum atomic E-state index is -1.64. The van der Waals surface area contributed by atoms with E-state index in [0.717, 1.165) is 0 Å². The molecule has 0 N–H and O–H groups in total. The summed E-state index contributed by atoms with van der Waals surface area (Å²) in [5.74, 6) is 0. The van der Waals surface area contributed by atoms with Gasteiger partial charge in [-0.05, 0) is 18.9 Å². The fourth-order valence-corrected chi connectivity index (χ4v) is 5.56. The molecule has 0 bridgehead atoms. The normalized spacial score (nSPS) is 20.5. The first-order chi connectivity index (χ1) is 6.13. The van der Waals surface area contributed by atoms with Gasteiger partial charge in [-0.3, -0.25) is 4.57 Å². The van der Waals surface area contributed by atoms with Crippen LogP contribution in [0, 0.1) is 0 Å². The van der Waals surface area contributed by atoms with Crippen LogP contribution in [0.15, 0.2) is 0 Å². The van der Waals surface area contributed by atoms with Crippen molar-refractivity contribution in [3.05, 3.63) is 0 Å². The van der Waals surface area contributed by atoms with E-state index in [9.17, 15) is 0 Å². The van der Waals surface area contributed by atoms with Crippen molar-refractivity contribution in [1.82, 2.24) is 4.57 Å². The highest BCUT2D eigenvalue weighted by Crippen LogP contribution is 2.26. The van der Waals surface area contributed by atoms with Gasteiger partial charge in [-0.25, -0.2) is 0 Å². The molecule has 78 valence electrons. The molecule has 4 heteroatoms. The van der Waals surface area contributed by atoms with Gasteiger partial charge >= 0.3 is 7.58 Å². The zero-order valence-electron chi connectivity index (χ0n) is 8.47. The quantitative estimate of drug-likeness (QED) is 0.540. The molecule has 1 fully saturated rings. The second kappa shape index (κ2) is 5.59. The summed E-state index contributed by atoms with van der Waals surface area (Å²) in [6.07, 6.45) is 6.67. The van der Waals surface area contributed by atoms with Gasteiger partial charge < -0.3 is 0 Å². The molecular weight excluding hydrogens is 221 g/mol. The average molecular weight is 240 g/mol. The first-order valence-corrected chi connectivity index (χ1v) is 9.19. The predicted octanol–water partition coefficient (Wildman–Crippen LogP) is 3.22. The smallest absolute Gasteiger partial charge is 0.297 e. The lowest BCUT2D eigenvalue weighted by Gasteiger charge is -2.37. The first kappa shape index (κ1) is 11.8. The fourth-order valence-electron chi connectivity index (χ4n) is 2.19. The van der Waals surface area contributed by atoms with E-state index >= 15 is 0 Å². The van der Waals surface area contributed by atoms with Crippen molar-refractivity contribution in [2.75, 3.05) is 0 Å². The molecular formula is C9H19Cl2NSi. The van der Waals surface area contributed by atoms with Crippen LogP contribution in [0.3, 0.4) is 0 Å². The Bertz CT molecular complexity index is 139. The summed E-state index contributed by atoms with van der Waals surface area (Å²) >= 11 is 12.2. The van der Waals surface area contributed by atoms with Crippen molar-refractivity contribution < 1.29 is 0 Å². The van der Waals surface area contributed by atoms with E-state index < -0.39 is 7.58 Å². The molecule has 0 aromatic heterocycles. The molecule has 1 aliphatic rings. The van der Waals surface area contributed by atoms with Gasteiger partial charge in [0.2, 0.25) is 0 Å². The van der Waals surface area contributed by atoms with Gasteiger partial charge in [0, 0.05) is 6.04 Å². The second-order valence-corrected chi connectivity index (χ2v) is 8.41. The van der Waals surface area contributed by atoms with Gasteiger partial charge in [0.25, 0.3) is 0 Å². The van der Waals surface area contributed by atoms with E-state index in [2.05, 4.69) is 18.4 Å². The molecule has 0 spiro atoms. The van der Waals surface area contributed by atoms with Crippen LogP contribution in [0.2, 0.25) is 0 Å². The molecule has 0 radical (unpaired) electrons. The van der Waals surface area contributed by atoms with Gasteiger partial charge in [0.05, 0.1) is 0 Å². The van der Waals surface area contributed by atoms with Crippen molar-refractivity contribution in [3.63, 3.8) is 0 Å². The van der Waals surface area contributed by atoms with Crippen LogP contribution in [-0.4, -0.2) is 24.2 Å². The van der Waals surface area contributed by atoms with Crippen LogP contribution in [0.1, 0.15) is 46.0 Å². The highest BCUT2D eigenvalue weighted by Gasteiger charge is 2.28.